The van der Waals surface area contributed by atoms with Crippen LogP contribution in [0.15, 0.2) is 18.2 Å². The molecule has 4 nitrogen and oxygen atoms in total. The number of rotatable bonds is 3. The standard InChI is InChI=1S/C15H19FN2O2/c1-4-10(3)14-15(20)18(8-13(19)17-14)12-6-9(2)5-11(16)7-12/h5-7,10,14H,4,8H2,1-3H3,(H,17,19). The van der Waals surface area contributed by atoms with Gasteiger partial charge in [0.15, 0.2) is 0 Å². The summed E-state index contributed by atoms with van der Waals surface area (Å²) >= 11 is 0. The van der Waals surface area contributed by atoms with Gasteiger partial charge in [0.25, 0.3) is 0 Å². The molecule has 108 valence electrons. The van der Waals surface area contributed by atoms with E-state index >= 15 is 0 Å². The van der Waals surface area contributed by atoms with Crippen molar-refractivity contribution in [2.24, 2.45) is 5.92 Å². The fourth-order valence-electron chi connectivity index (χ4n) is 2.38. The van der Waals surface area contributed by atoms with Crippen molar-refractivity contribution in [2.75, 3.05) is 11.4 Å². The third-order valence-corrected chi connectivity index (χ3v) is 3.70. The molecule has 1 N–H and O–H groups in total. The summed E-state index contributed by atoms with van der Waals surface area (Å²) in [6.07, 6.45) is 0.784. The Bertz CT molecular complexity index is 524. The van der Waals surface area contributed by atoms with Gasteiger partial charge in [-0.2, -0.15) is 0 Å². The highest BCUT2D eigenvalue weighted by Gasteiger charge is 2.36. The second-order valence-electron chi connectivity index (χ2n) is 5.34. The number of aryl methyl sites for hydroxylation is 1. The number of hydrogen-bond acceptors (Lipinski definition) is 2. The number of carbonyl (C=O) groups is 2. The Hall–Kier alpha value is -1.91. The van der Waals surface area contributed by atoms with Gasteiger partial charge in [-0.05, 0) is 36.6 Å². The van der Waals surface area contributed by atoms with Crippen LogP contribution in [0.1, 0.15) is 25.8 Å². The van der Waals surface area contributed by atoms with Gasteiger partial charge in [-0.15, -0.1) is 0 Å². The van der Waals surface area contributed by atoms with Gasteiger partial charge in [0, 0.05) is 5.69 Å². The molecule has 0 bridgehead atoms. The average molecular weight is 278 g/mol. The number of amides is 2. The maximum Gasteiger partial charge on any atom is 0.250 e. The van der Waals surface area contributed by atoms with Gasteiger partial charge >= 0.3 is 0 Å². The number of benzene rings is 1. The van der Waals surface area contributed by atoms with Gasteiger partial charge < -0.3 is 10.2 Å². The zero-order valence-corrected chi connectivity index (χ0v) is 11.9. The first-order valence-electron chi connectivity index (χ1n) is 6.80. The minimum absolute atomic E-state index is 0.0453. The van der Waals surface area contributed by atoms with Gasteiger partial charge in [-0.1, -0.05) is 20.3 Å². The predicted molar refractivity (Wildman–Crippen MR) is 74.9 cm³/mol. The van der Waals surface area contributed by atoms with Crippen LogP contribution in [0.25, 0.3) is 0 Å². The number of anilines is 1. The lowest BCUT2D eigenvalue weighted by Crippen LogP contribution is -2.60. The third-order valence-electron chi connectivity index (χ3n) is 3.70. The maximum atomic E-state index is 13.5. The van der Waals surface area contributed by atoms with Crippen molar-refractivity contribution in [3.63, 3.8) is 0 Å². The fourth-order valence-corrected chi connectivity index (χ4v) is 2.38. The summed E-state index contributed by atoms with van der Waals surface area (Å²) in [6.45, 7) is 5.58. The highest BCUT2D eigenvalue weighted by molar-refractivity contribution is 6.06. The highest BCUT2D eigenvalue weighted by atomic mass is 19.1. The minimum Gasteiger partial charge on any atom is -0.342 e. The molecule has 0 aliphatic carbocycles. The Balaban J connectivity index is 2.34. The molecular weight excluding hydrogens is 259 g/mol. The van der Waals surface area contributed by atoms with Gasteiger partial charge in [-0.25, -0.2) is 4.39 Å². The van der Waals surface area contributed by atoms with Crippen LogP contribution in [0.2, 0.25) is 0 Å². The van der Waals surface area contributed by atoms with Gasteiger partial charge in [0.05, 0.1) is 0 Å². The van der Waals surface area contributed by atoms with Crippen molar-refractivity contribution in [1.82, 2.24) is 5.32 Å². The minimum atomic E-state index is -0.537. The number of carbonyl (C=O) groups excluding carboxylic acids is 2. The molecule has 1 saturated heterocycles. The van der Waals surface area contributed by atoms with Crippen LogP contribution in [0.3, 0.4) is 0 Å². The Labute approximate surface area is 118 Å². The second-order valence-corrected chi connectivity index (χ2v) is 5.34. The Kier molecular flexibility index (Phi) is 4.06. The van der Waals surface area contributed by atoms with Gasteiger partial charge in [0.2, 0.25) is 11.8 Å². The Morgan fingerprint density at radius 1 is 1.40 bits per heavy atom. The molecule has 2 amide bonds. The molecule has 1 heterocycles. The first-order valence-corrected chi connectivity index (χ1v) is 6.80. The van der Waals surface area contributed by atoms with E-state index in [1.54, 1.807) is 13.0 Å². The molecule has 0 spiro atoms. The molecule has 2 unspecified atom stereocenters. The van der Waals surface area contributed by atoms with Crippen molar-refractivity contribution in [1.29, 1.82) is 0 Å². The molecule has 20 heavy (non-hydrogen) atoms. The molecule has 5 heteroatoms. The van der Waals surface area contributed by atoms with Crippen LogP contribution in [0.5, 0.6) is 0 Å². The van der Waals surface area contributed by atoms with Gasteiger partial charge in [0.1, 0.15) is 18.4 Å². The Morgan fingerprint density at radius 2 is 2.10 bits per heavy atom. The van der Waals surface area contributed by atoms with Crippen molar-refractivity contribution < 1.29 is 14.0 Å². The molecule has 2 rings (SSSR count). The average Bonchev–Trinajstić information content (AvgIpc) is 2.39. The summed E-state index contributed by atoms with van der Waals surface area (Å²) < 4.78 is 13.5. The lowest BCUT2D eigenvalue weighted by molar-refractivity contribution is -0.132. The second kappa shape index (κ2) is 5.61. The highest BCUT2D eigenvalue weighted by Crippen LogP contribution is 2.23. The lowest BCUT2D eigenvalue weighted by Gasteiger charge is -2.35. The van der Waals surface area contributed by atoms with Crippen LogP contribution >= 0.6 is 0 Å². The number of hydrogen-bond donors (Lipinski definition) is 1. The summed E-state index contributed by atoms with van der Waals surface area (Å²) in [5, 5.41) is 2.72. The summed E-state index contributed by atoms with van der Waals surface area (Å²) in [5.41, 5.74) is 1.16. The summed E-state index contributed by atoms with van der Waals surface area (Å²) in [5.74, 6) is -0.747. The summed E-state index contributed by atoms with van der Waals surface area (Å²) in [7, 11) is 0. The number of nitrogens with one attached hydrogen (secondary N) is 1. The predicted octanol–water partition coefficient (Wildman–Crippen LogP) is 2.01. The largest absolute Gasteiger partial charge is 0.342 e. The first kappa shape index (κ1) is 14.5. The molecule has 0 aromatic heterocycles. The maximum absolute atomic E-state index is 13.5. The van der Waals surface area contributed by atoms with E-state index in [0.29, 0.717) is 5.69 Å². The first-order chi connectivity index (χ1) is 9.42. The van der Waals surface area contributed by atoms with Crippen molar-refractivity contribution >= 4 is 17.5 Å². The number of piperazine rings is 1. The van der Waals surface area contributed by atoms with E-state index in [4.69, 9.17) is 0 Å². The molecule has 1 aliphatic heterocycles. The lowest BCUT2D eigenvalue weighted by atomic mass is 9.96. The van der Waals surface area contributed by atoms with Gasteiger partial charge in [-0.3, -0.25) is 9.59 Å². The van der Waals surface area contributed by atoms with E-state index in [2.05, 4.69) is 5.32 Å². The van der Waals surface area contributed by atoms with Crippen LogP contribution in [-0.2, 0) is 9.59 Å². The van der Waals surface area contributed by atoms with E-state index in [-0.39, 0.29) is 24.3 Å². The quantitative estimate of drug-likeness (QED) is 0.919. The van der Waals surface area contributed by atoms with E-state index in [1.807, 2.05) is 13.8 Å². The van der Waals surface area contributed by atoms with Crippen LogP contribution in [0, 0.1) is 18.7 Å². The Morgan fingerprint density at radius 3 is 2.70 bits per heavy atom. The van der Waals surface area contributed by atoms with Crippen LogP contribution < -0.4 is 10.2 Å². The fraction of sp³-hybridized carbons (Fsp3) is 0.467. The SMILES string of the molecule is CCC(C)C1NC(=O)CN(c2cc(C)cc(F)c2)C1=O. The molecular formula is C15H19FN2O2. The molecule has 1 fully saturated rings. The van der Waals surface area contributed by atoms with E-state index < -0.39 is 11.9 Å². The molecule has 0 radical (unpaired) electrons. The normalized spacial score (nSPS) is 20.8. The third kappa shape index (κ3) is 2.81. The van der Waals surface area contributed by atoms with E-state index in [9.17, 15) is 14.0 Å². The molecule has 2 atom stereocenters. The summed E-state index contributed by atoms with van der Waals surface area (Å²) in [4.78, 5) is 25.6. The molecule has 1 aromatic carbocycles. The van der Waals surface area contributed by atoms with Crippen molar-refractivity contribution in [3.05, 3.63) is 29.6 Å². The number of nitrogens with zero attached hydrogens (tertiary/aromatic N) is 1. The van der Waals surface area contributed by atoms with Crippen LogP contribution in [0.4, 0.5) is 10.1 Å². The zero-order valence-electron chi connectivity index (χ0n) is 11.9. The van der Waals surface area contributed by atoms with Crippen LogP contribution in [-0.4, -0.2) is 24.4 Å². The van der Waals surface area contributed by atoms with E-state index in [1.165, 1.54) is 17.0 Å². The zero-order chi connectivity index (χ0) is 14.9. The summed E-state index contributed by atoms with van der Waals surface area (Å²) in [6, 6.07) is 3.86. The molecule has 1 aliphatic rings. The van der Waals surface area contributed by atoms with Crippen molar-refractivity contribution in [3.8, 4) is 0 Å². The molecule has 1 aromatic rings. The van der Waals surface area contributed by atoms with E-state index in [0.717, 1.165) is 12.0 Å². The monoisotopic (exact) mass is 278 g/mol. The topological polar surface area (TPSA) is 49.4 Å². The number of halogens is 1. The van der Waals surface area contributed by atoms with Crippen molar-refractivity contribution in [2.45, 2.75) is 33.2 Å². The smallest absolute Gasteiger partial charge is 0.250 e. The molecule has 0 saturated carbocycles.